The summed E-state index contributed by atoms with van der Waals surface area (Å²) in [6.07, 6.45) is 2.85. The van der Waals surface area contributed by atoms with Gasteiger partial charge in [0.15, 0.2) is 0 Å². The van der Waals surface area contributed by atoms with Crippen LogP contribution in [0.5, 0.6) is 0 Å². The Bertz CT molecular complexity index is 350. The highest BCUT2D eigenvalue weighted by molar-refractivity contribution is 5.71. The molecule has 0 spiro atoms. The number of hydrogen-bond acceptors (Lipinski definition) is 3. The van der Waals surface area contributed by atoms with Crippen LogP contribution in [0.15, 0.2) is 0 Å². The van der Waals surface area contributed by atoms with Gasteiger partial charge in [-0.2, -0.15) is 0 Å². The van der Waals surface area contributed by atoms with E-state index in [9.17, 15) is 9.90 Å². The Hall–Kier alpha value is -0.610. The van der Waals surface area contributed by atoms with Gasteiger partial charge in [-0.15, -0.1) is 0 Å². The summed E-state index contributed by atoms with van der Waals surface area (Å²) in [4.78, 5) is 14.0. The van der Waals surface area contributed by atoms with E-state index >= 15 is 0 Å². The standard InChI is InChI=1S/C16H29NO3/c1-11-10-20-8-7-17(11)14-9-12(16(2,3)4)5-6-13(14)15(18)19/h11-14H,5-10H2,1-4H3,(H,18,19). The predicted octanol–water partition coefficient (Wildman–Crippen LogP) is 2.62. The summed E-state index contributed by atoms with van der Waals surface area (Å²) in [6, 6.07) is 0.499. The van der Waals surface area contributed by atoms with Gasteiger partial charge in [0.25, 0.3) is 0 Å². The molecule has 0 aromatic rings. The fourth-order valence-corrected chi connectivity index (χ4v) is 3.82. The number of carbonyl (C=O) groups is 1. The summed E-state index contributed by atoms with van der Waals surface area (Å²) in [7, 11) is 0. The van der Waals surface area contributed by atoms with Gasteiger partial charge in [-0.1, -0.05) is 20.8 Å². The van der Waals surface area contributed by atoms with E-state index in [1.165, 1.54) is 0 Å². The maximum absolute atomic E-state index is 11.6. The molecule has 1 saturated carbocycles. The van der Waals surface area contributed by atoms with Crippen LogP contribution in [0.4, 0.5) is 0 Å². The van der Waals surface area contributed by atoms with Crippen molar-refractivity contribution in [2.75, 3.05) is 19.8 Å². The number of morpholine rings is 1. The van der Waals surface area contributed by atoms with Crippen LogP contribution in [0.25, 0.3) is 0 Å². The highest BCUT2D eigenvalue weighted by Crippen LogP contribution is 2.42. The molecular formula is C16H29NO3. The molecule has 2 rings (SSSR count). The van der Waals surface area contributed by atoms with Crippen molar-refractivity contribution >= 4 is 5.97 Å². The first-order valence-corrected chi connectivity index (χ1v) is 7.87. The first-order chi connectivity index (χ1) is 9.30. The van der Waals surface area contributed by atoms with Gasteiger partial charge in [0.2, 0.25) is 0 Å². The number of aliphatic carboxylic acids is 1. The minimum Gasteiger partial charge on any atom is -0.481 e. The molecule has 4 atom stereocenters. The second-order valence-corrected chi connectivity index (χ2v) is 7.55. The van der Waals surface area contributed by atoms with E-state index in [1.807, 2.05) is 0 Å². The molecule has 20 heavy (non-hydrogen) atoms. The molecule has 2 aliphatic rings. The molecule has 1 aliphatic carbocycles. The Morgan fingerprint density at radius 1 is 1.30 bits per heavy atom. The minimum absolute atomic E-state index is 0.171. The monoisotopic (exact) mass is 283 g/mol. The summed E-state index contributed by atoms with van der Waals surface area (Å²) >= 11 is 0. The molecule has 4 heteroatoms. The van der Waals surface area contributed by atoms with Gasteiger partial charge in [0.05, 0.1) is 19.1 Å². The van der Waals surface area contributed by atoms with E-state index in [4.69, 9.17) is 4.74 Å². The van der Waals surface area contributed by atoms with Gasteiger partial charge in [0, 0.05) is 18.6 Å². The first-order valence-electron chi connectivity index (χ1n) is 7.87. The van der Waals surface area contributed by atoms with E-state index in [-0.39, 0.29) is 17.4 Å². The quantitative estimate of drug-likeness (QED) is 0.846. The highest BCUT2D eigenvalue weighted by atomic mass is 16.5. The Morgan fingerprint density at radius 2 is 2.00 bits per heavy atom. The number of nitrogens with zero attached hydrogens (tertiary/aromatic N) is 1. The molecule has 1 heterocycles. The lowest BCUT2D eigenvalue weighted by Crippen LogP contribution is -2.55. The summed E-state index contributed by atoms with van der Waals surface area (Å²) in [5.74, 6) is -0.228. The van der Waals surface area contributed by atoms with Crippen LogP contribution >= 0.6 is 0 Å². The second kappa shape index (κ2) is 6.02. The second-order valence-electron chi connectivity index (χ2n) is 7.55. The Kier molecular flexibility index (Phi) is 4.75. The topological polar surface area (TPSA) is 49.8 Å². The largest absolute Gasteiger partial charge is 0.481 e. The zero-order chi connectivity index (χ0) is 14.9. The highest BCUT2D eigenvalue weighted by Gasteiger charge is 2.43. The lowest BCUT2D eigenvalue weighted by molar-refractivity contribution is -0.149. The molecule has 1 N–H and O–H groups in total. The summed E-state index contributed by atoms with van der Waals surface area (Å²) in [5, 5.41) is 9.56. The predicted molar refractivity (Wildman–Crippen MR) is 78.7 cm³/mol. The van der Waals surface area contributed by atoms with Crippen molar-refractivity contribution in [3.8, 4) is 0 Å². The van der Waals surface area contributed by atoms with Gasteiger partial charge in [-0.05, 0) is 37.5 Å². The van der Waals surface area contributed by atoms with Crippen LogP contribution in [-0.2, 0) is 9.53 Å². The van der Waals surface area contributed by atoms with Crippen molar-refractivity contribution in [3.63, 3.8) is 0 Å². The van der Waals surface area contributed by atoms with Crippen molar-refractivity contribution in [2.24, 2.45) is 17.3 Å². The van der Waals surface area contributed by atoms with Gasteiger partial charge in [-0.3, -0.25) is 9.69 Å². The average molecular weight is 283 g/mol. The molecule has 116 valence electrons. The van der Waals surface area contributed by atoms with Gasteiger partial charge >= 0.3 is 5.97 Å². The summed E-state index contributed by atoms with van der Waals surface area (Å²) in [5.41, 5.74) is 0.261. The SMILES string of the molecule is CC1COCCN1C1CC(C(C)(C)C)CCC1C(=O)O. The smallest absolute Gasteiger partial charge is 0.308 e. The van der Waals surface area contributed by atoms with Crippen LogP contribution in [0.3, 0.4) is 0 Å². The molecule has 1 saturated heterocycles. The zero-order valence-electron chi connectivity index (χ0n) is 13.3. The molecule has 0 aromatic carbocycles. The fraction of sp³-hybridized carbons (Fsp3) is 0.938. The molecule has 4 nitrogen and oxygen atoms in total. The first kappa shape index (κ1) is 15.8. The van der Waals surface area contributed by atoms with E-state index < -0.39 is 5.97 Å². The molecule has 0 aromatic heterocycles. The molecule has 4 unspecified atom stereocenters. The van der Waals surface area contributed by atoms with Crippen molar-refractivity contribution in [3.05, 3.63) is 0 Å². The summed E-state index contributed by atoms with van der Waals surface area (Å²) in [6.45, 7) is 11.3. The molecule has 0 amide bonds. The van der Waals surface area contributed by atoms with Crippen LogP contribution < -0.4 is 0 Å². The zero-order valence-corrected chi connectivity index (χ0v) is 13.3. The molecular weight excluding hydrogens is 254 g/mol. The number of rotatable bonds is 2. The van der Waals surface area contributed by atoms with Gasteiger partial charge < -0.3 is 9.84 Å². The van der Waals surface area contributed by atoms with Crippen molar-refractivity contribution in [2.45, 2.75) is 59.0 Å². The van der Waals surface area contributed by atoms with Crippen LogP contribution in [0, 0.1) is 17.3 Å². The lowest BCUT2D eigenvalue weighted by atomic mass is 9.67. The lowest BCUT2D eigenvalue weighted by Gasteiger charge is -2.48. The summed E-state index contributed by atoms with van der Waals surface area (Å²) < 4.78 is 5.50. The Labute approximate surface area is 122 Å². The normalized spacial score (nSPS) is 36.8. The maximum atomic E-state index is 11.6. The third-order valence-corrected chi connectivity index (χ3v) is 5.20. The van der Waals surface area contributed by atoms with Crippen LogP contribution in [0.1, 0.15) is 47.0 Å². The molecule has 2 fully saturated rings. The number of hydrogen-bond donors (Lipinski definition) is 1. The van der Waals surface area contributed by atoms with Crippen molar-refractivity contribution < 1.29 is 14.6 Å². The van der Waals surface area contributed by atoms with E-state index in [0.29, 0.717) is 12.0 Å². The number of carboxylic acids is 1. The Morgan fingerprint density at radius 3 is 2.55 bits per heavy atom. The van der Waals surface area contributed by atoms with E-state index in [0.717, 1.165) is 39.0 Å². The van der Waals surface area contributed by atoms with Gasteiger partial charge in [-0.25, -0.2) is 0 Å². The van der Waals surface area contributed by atoms with E-state index in [1.54, 1.807) is 0 Å². The third-order valence-electron chi connectivity index (χ3n) is 5.20. The van der Waals surface area contributed by atoms with E-state index in [2.05, 4.69) is 32.6 Å². The average Bonchev–Trinajstić information content (AvgIpc) is 2.37. The number of carboxylic acid groups (broad SMARTS) is 1. The third kappa shape index (κ3) is 3.34. The molecule has 1 aliphatic heterocycles. The Balaban J connectivity index is 2.16. The van der Waals surface area contributed by atoms with Gasteiger partial charge in [0.1, 0.15) is 0 Å². The fourth-order valence-electron chi connectivity index (χ4n) is 3.82. The molecule has 0 radical (unpaired) electrons. The van der Waals surface area contributed by atoms with Crippen molar-refractivity contribution in [1.29, 1.82) is 0 Å². The maximum Gasteiger partial charge on any atom is 0.308 e. The minimum atomic E-state index is -0.624. The molecule has 0 bridgehead atoms. The van der Waals surface area contributed by atoms with Crippen LogP contribution in [0.2, 0.25) is 0 Å². The van der Waals surface area contributed by atoms with Crippen LogP contribution in [-0.4, -0.2) is 47.8 Å². The van der Waals surface area contributed by atoms with Crippen molar-refractivity contribution in [1.82, 2.24) is 4.90 Å². The number of ether oxygens (including phenoxy) is 1.